The summed E-state index contributed by atoms with van der Waals surface area (Å²) in [4.78, 5) is 42.4. The molecule has 3 aromatic carbocycles. The van der Waals surface area contributed by atoms with Gasteiger partial charge in [-0.15, -0.1) is 11.3 Å². The first-order chi connectivity index (χ1) is 21.2. The lowest BCUT2D eigenvalue weighted by molar-refractivity contribution is -0.125. The molecule has 2 amide bonds. The van der Waals surface area contributed by atoms with Gasteiger partial charge in [0.1, 0.15) is 17.2 Å². The van der Waals surface area contributed by atoms with Crippen molar-refractivity contribution in [1.29, 1.82) is 0 Å². The first-order valence-corrected chi connectivity index (χ1v) is 15.6. The molecular weight excluding hydrogens is 578 g/mol. The second kappa shape index (κ2) is 10.9. The van der Waals surface area contributed by atoms with Gasteiger partial charge in [-0.3, -0.25) is 14.5 Å². The lowest BCUT2D eigenvalue weighted by atomic mass is 10.00. The van der Waals surface area contributed by atoms with Gasteiger partial charge < -0.3 is 24.1 Å². The molecular formula is C34H33N3O6S. The van der Waals surface area contributed by atoms with Gasteiger partial charge in [-0.2, -0.15) is 0 Å². The van der Waals surface area contributed by atoms with Gasteiger partial charge in [0, 0.05) is 62.7 Å². The Bertz CT molecular complexity index is 1980. The number of likely N-dealkylation sites (tertiary alicyclic amines) is 1. The normalized spacial score (nSPS) is 17.2. The van der Waals surface area contributed by atoms with Gasteiger partial charge in [-0.1, -0.05) is 30.3 Å². The summed E-state index contributed by atoms with van der Waals surface area (Å²) < 4.78 is 19.5. The number of amides is 2. The number of morpholine rings is 1. The van der Waals surface area contributed by atoms with Crippen LogP contribution in [0.5, 0.6) is 0 Å². The third-order valence-electron chi connectivity index (χ3n) is 8.07. The van der Waals surface area contributed by atoms with E-state index in [2.05, 4.69) is 17.4 Å². The van der Waals surface area contributed by atoms with Crippen molar-refractivity contribution in [2.75, 3.05) is 43.1 Å². The number of rotatable bonds is 4. The fourth-order valence-corrected chi connectivity index (χ4v) is 7.04. The number of nitrogens with zero attached hydrogens (tertiary/aromatic N) is 2. The van der Waals surface area contributed by atoms with Crippen LogP contribution in [-0.2, 0) is 14.3 Å². The molecule has 0 spiro atoms. The number of nitrogens with one attached hydrogen (secondary N) is 1. The van der Waals surface area contributed by atoms with Crippen LogP contribution >= 0.6 is 11.3 Å². The molecule has 0 radical (unpaired) electrons. The van der Waals surface area contributed by atoms with Crippen LogP contribution in [0.25, 0.3) is 42.3 Å². The minimum atomic E-state index is -0.625. The molecule has 0 aliphatic carbocycles. The van der Waals surface area contributed by atoms with Crippen molar-refractivity contribution in [3.8, 4) is 11.1 Å². The largest absolute Gasteiger partial charge is 0.444 e. The Morgan fingerprint density at radius 3 is 2.41 bits per heavy atom. The van der Waals surface area contributed by atoms with Gasteiger partial charge in [0.15, 0.2) is 11.3 Å². The van der Waals surface area contributed by atoms with Gasteiger partial charge in [0.05, 0.1) is 18.6 Å². The van der Waals surface area contributed by atoms with E-state index in [1.54, 1.807) is 23.5 Å². The van der Waals surface area contributed by atoms with Crippen molar-refractivity contribution < 1.29 is 23.5 Å². The van der Waals surface area contributed by atoms with E-state index >= 15 is 0 Å². The summed E-state index contributed by atoms with van der Waals surface area (Å²) in [5.74, 6) is 0.322. The first kappa shape index (κ1) is 28.4. The van der Waals surface area contributed by atoms with Crippen LogP contribution in [0, 0.1) is 0 Å². The van der Waals surface area contributed by atoms with E-state index in [0.717, 1.165) is 31.3 Å². The quantitative estimate of drug-likeness (QED) is 0.244. The average Bonchev–Trinajstić information content (AvgIpc) is 3.34. The molecule has 1 N–H and O–H groups in total. The Labute approximate surface area is 257 Å². The molecule has 5 aromatic rings. The van der Waals surface area contributed by atoms with Gasteiger partial charge in [-0.25, -0.2) is 4.79 Å². The van der Waals surface area contributed by atoms with E-state index in [0.29, 0.717) is 61.8 Å². The van der Waals surface area contributed by atoms with Crippen molar-refractivity contribution in [2.45, 2.75) is 38.8 Å². The van der Waals surface area contributed by atoms with Gasteiger partial charge in [0.2, 0.25) is 5.91 Å². The zero-order valence-corrected chi connectivity index (χ0v) is 25.7. The number of hydrogen-bond acceptors (Lipinski definition) is 8. The number of carbonyl (C=O) groups is 2. The van der Waals surface area contributed by atoms with Crippen molar-refractivity contribution in [3.63, 3.8) is 0 Å². The molecule has 1 unspecified atom stereocenters. The van der Waals surface area contributed by atoms with Crippen molar-refractivity contribution in [3.05, 3.63) is 70.9 Å². The van der Waals surface area contributed by atoms with E-state index in [1.807, 2.05) is 62.1 Å². The lowest BCUT2D eigenvalue weighted by Crippen LogP contribution is -2.57. The number of hydrogen-bond donors (Lipinski definition) is 1. The highest BCUT2D eigenvalue weighted by atomic mass is 32.1. The van der Waals surface area contributed by atoms with Crippen LogP contribution in [-0.4, -0.2) is 61.4 Å². The van der Waals surface area contributed by atoms with Gasteiger partial charge in [-0.05, 0) is 51.5 Å². The summed E-state index contributed by atoms with van der Waals surface area (Å²) in [7, 11) is 0. The lowest BCUT2D eigenvalue weighted by Gasteiger charge is -2.40. The Morgan fingerprint density at radius 1 is 0.932 bits per heavy atom. The maximum absolute atomic E-state index is 13.2. The van der Waals surface area contributed by atoms with Gasteiger partial charge in [0.25, 0.3) is 0 Å². The predicted molar refractivity (Wildman–Crippen MR) is 174 cm³/mol. The summed E-state index contributed by atoms with van der Waals surface area (Å²) >= 11 is 1.66. The van der Waals surface area contributed by atoms with Crippen LogP contribution in [0.15, 0.2) is 69.9 Å². The standard InChI is InChI=1S/C34H33N3O6S/c1-34(2,3)43-33(40)37-13-12-26(37)32(39)35-20-10-11-28-25(18-20)23-8-5-7-22(31(23)44-28)21-6-4-9-24-27(38)19-29(42-30(21)24)36-14-16-41-17-15-36/h4-11,18-19,26H,12-17H2,1-3H3,(H,35,39). The predicted octanol–water partition coefficient (Wildman–Crippen LogP) is 6.61. The second-order valence-electron chi connectivity index (χ2n) is 12.2. The summed E-state index contributed by atoms with van der Waals surface area (Å²) in [6.07, 6.45) is 0.115. The third-order valence-corrected chi connectivity index (χ3v) is 9.29. The smallest absolute Gasteiger partial charge is 0.410 e. The van der Waals surface area contributed by atoms with Gasteiger partial charge >= 0.3 is 6.09 Å². The van der Waals surface area contributed by atoms with E-state index in [-0.39, 0.29) is 11.3 Å². The molecule has 7 rings (SSSR count). The van der Waals surface area contributed by atoms with E-state index in [9.17, 15) is 14.4 Å². The molecule has 9 nitrogen and oxygen atoms in total. The highest BCUT2D eigenvalue weighted by Gasteiger charge is 2.40. The molecule has 0 saturated carbocycles. The molecule has 2 aromatic heterocycles. The average molecular weight is 612 g/mol. The number of para-hydroxylation sites is 1. The molecule has 1 atom stereocenters. The third kappa shape index (κ3) is 5.18. The van der Waals surface area contributed by atoms with Crippen molar-refractivity contribution in [1.82, 2.24) is 4.90 Å². The van der Waals surface area contributed by atoms with Crippen molar-refractivity contribution in [2.24, 2.45) is 0 Å². The summed E-state index contributed by atoms with van der Waals surface area (Å²) in [5.41, 5.74) is 2.36. The minimum absolute atomic E-state index is 0.0739. The highest BCUT2D eigenvalue weighted by molar-refractivity contribution is 7.26. The Kier molecular flexibility index (Phi) is 7.05. The molecule has 10 heteroatoms. The fraction of sp³-hybridized carbons (Fsp3) is 0.324. The van der Waals surface area contributed by atoms with Crippen LogP contribution in [0.1, 0.15) is 27.2 Å². The van der Waals surface area contributed by atoms with Crippen LogP contribution in [0.4, 0.5) is 16.4 Å². The first-order valence-electron chi connectivity index (χ1n) is 14.8. The molecule has 2 aliphatic rings. The minimum Gasteiger partial charge on any atom is -0.444 e. The molecule has 44 heavy (non-hydrogen) atoms. The molecule has 2 fully saturated rings. The Morgan fingerprint density at radius 2 is 1.68 bits per heavy atom. The summed E-state index contributed by atoms with van der Waals surface area (Å²) in [6.45, 7) is 8.44. The maximum atomic E-state index is 13.2. The maximum Gasteiger partial charge on any atom is 0.410 e. The molecule has 2 saturated heterocycles. The molecule has 2 aliphatic heterocycles. The van der Waals surface area contributed by atoms with Crippen LogP contribution in [0.2, 0.25) is 0 Å². The monoisotopic (exact) mass is 611 g/mol. The highest BCUT2D eigenvalue weighted by Crippen LogP contribution is 2.42. The van der Waals surface area contributed by atoms with Crippen molar-refractivity contribution >= 4 is 66.1 Å². The van der Waals surface area contributed by atoms with E-state index in [1.165, 1.54) is 4.90 Å². The Hall–Kier alpha value is -4.41. The van der Waals surface area contributed by atoms with E-state index in [4.69, 9.17) is 13.9 Å². The molecule has 0 bridgehead atoms. The number of carbonyl (C=O) groups excluding carboxylic acids is 2. The topological polar surface area (TPSA) is 101 Å². The number of fused-ring (bicyclic) bond motifs is 4. The summed E-state index contributed by atoms with van der Waals surface area (Å²) in [6, 6.07) is 18.7. The molecule has 4 heterocycles. The number of thiophene rings is 1. The number of benzene rings is 3. The van der Waals surface area contributed by atoms with E-state index < -0.39 is 17.7 Å². The van der Waals surface area contributed by atoms with Crippen LogP contribution < -0.4 is 15.6 Å². The SMILES string of the molecule is CC(C)(C)OC(=O)N1CCC1C(=O)Nc1ccc2sc3c(-c4cccc5c(=O)cc(N6CCOCC6)oc45)cccc3c2c1. The molecule has 226 valence electrons. The Balaban J connectivity index is 1.22. The zero-order valence-electron chi connectivity index (χ0n) is 24.8. The zero-order chi connectivity index (χ0) is 30.6. The van der Waals surface area contributed by atoms with Crippen LogP contribution in [0.3, 0.4) is 0 Å². The number of anilines is 2. The number of ether oxygens (including phenoxy) is 2. The second-order valence-corrected chi connectivity index (χ2v) is 13.2. The summed E-state index contributed by atoms with van der Waals surface area (Å²) in [5, 5.41) is 5.60. The fourth-order valence-electron chi connectivity index (χ4n) is 5.83.